The number of nitrogens with one attached hydrogen (secondary N) is 1. The van der Waals surface area contributed by atoms with Crippen LogP contribution in [0.4, 0.5) is 0 Å². The fraction of sp³-hybridized carbons (Fsp3) is 0.222. The smallest absolute Gasteiger partial charge is 0.226 e. The SMILES string of the molecule is CCc1nn(-c2ccccc2)c(Oc2cccc(C)c2)c1CCC(=O)NCc1ccccn1. The molecule has 0 fully saturated rings. The van der Waals surface area contributed by atoms with Crippen LogP contribution in [-0.4, -0.2) is 20.7 Å². The summed E-state index contributed by atoms with van der Waals surface area (Å²) < 4.78 is 8.21. The standard InChI is InChI=1S/C27H28N4O2/c1-3-25-24(15-16-26(32)29-19-21-11-7-8-17-28-21)27(33-23-14-9-10-20(2)18-23)31(30-25)22-12-5-4-6-13-22/h4-14,17-18H,3,15-16,19H2,1-2H3,(H,29,32). The summed E-state index contributed by atoms with van der Waals surface area (Å²) >= 11 is 0. The van der Waals surface area contributed by atoms with Crippen LogP contribution in [0.2, 0.25) is 0 Å². The van der Waals surface area contributed by atoms with Crippen molar-refractivity contribution in [1.29, 1.82) is 0 Å². The normalized spacial score (nSPS) is 10.7. The average Bonchev–Trinajstić information content (AvgIpc) is 3.19. The zero-order chi connectivity index (χ0) is 23.0. The van der Waals surface area contributed by atoms with Gasteiger partial charge in [-0.2, -0.15) is 5.10 Å². The number of amides is 1. The van der Waals surface area contributed by atoms with E-state index in [0.717, 1.165) is 40.4 Å². The number of nitrogens with zero attached hydrogens (tertiary/aromatic N) is 3. The maximum atomic E-state index is 12.6. The van der Waals surface area contributed by atoms with E-state index in [0.29, 0.717) is 25.3 Å². The van der Waals surface area contributed by atoms with Crippen molar-refractivity contribution < 1.29 is 9.53 Å². The van der Waals surface area contributed by atoms with Gasteiger partial charge in [0.2, 0.25) is 11.8 Å². The second kappa shape index (κ2) is 10.6. The average molecular weight is 441 g/mol. The van der Waals surface area contributed by atoms with Gasteiger partial charge in [0, 0.05) is 18.2 Å². The summed E-state index contributed by atoms with van der Waals surface area (Å²) in [5.74, 6) is 1.37. The van der Waals surface area contributed by atoms with Gasteiger partial charge in [0.1, 0.15) is 5.75 Å². The Morgan fingerprint density at radius 2 is 1.85 bits per heavy atom. The molecule has 0 saturated heterocycles. The van der Waals surface area contributed by atoms with Crippen molar-refractivity contribution in [3.8, 4) is 17.3 Å². The Morgan fingerprint density at radius 3 is 2.58 bits per heavy atom. The molecule has 2 aromatic carbocycles. The van der Waals surface area contributed by atoms with E-state index in [2.05, 4.69) is 17.2 Å². The number of carbonyl (C=O) groups is 1. The van der Waals surface area contributed by atoms with Gasteiger partial charge >= 0.3 is 0 Å². The van der Waals surface area contributed by atoms with Crippen LogP contribution >= 0.6 is 0 Å². The molecule has 168 valence electrons. The minimum atomic E-state index is -0.0309. The van der Waals surface area contributed by atoms with Gasteiger partial charge in [-0.25, -0.2) is 4.68 Å². The Kier molecular flexibility index (Phi) is 7.15. The number of aryl methyl sites for hydroxylation is 2. The highest BCUT2D eigenvalue weighted by atomic mass is 16.5. The zero-order valence-electron chi connectivity index (χ0n) is 19.0. The molecule has 4 rings (SSSR count). The van der Waals surface area contributed by atoms with Crippen LogP contribution < -0.4 is 10.1 Å². The van der Waals surface area contributed by atoms with Crippen LogP contribution in [0.5, 0.6) is 11.6 Å². The van der Waals surface area contributed by atoms with Crippen LogP contribution in [0.3, 0.4) is 0 Å². The van der Waals surface area contributed by atoms with Crippen LogP contribution in [0.15, 0.2) is 79.0 Å². The highest BCUT2D eigenvalue weighted by molar-refractivity contribution is 5.76. The lowest BCUT2D eigenvalue weighted by molar-refractivity contribution is -0.121. The van der Waals surface area contributed by atoms with E-state index in [1.54, 1.807) is 6.20 Å². The van der Waals surface area contributed by atoms with Gasteiger partial charge in [-0.3, -0.25) is 9.78 Å². The van der Waals surface area contributed by atoms with Gasteiger partial charge in [0.25, 0.3) is 0 Å². The molecule has 0 aliphatic rings. The van der Waals surface area contributed by atoms with E-state index < -0.39 is 0 Å². The van der Waals surface area contributed by atoms with E-state index >= 15 is 0 Å². The van der Waals surface area contributed by atoms with Crippen molar-refractivity contribution in [3.63, 3.8) is 0 Å². The minimum Gasteiger partial charge on any atom is -0.439 e. The van der Waals surface area contributed by atoms with Crippen LogP contribution in [0.25, 0.3) is 5.69 Å². The molecule has 0 unspecified atom stereocenters. The molecule has 0 spiro atoms. The third kappa shape index (κ3) is 5.66. The number of benzene rings is 2. The maximum Gasteiger partial charge on any atom is 0.226 e. The third-order valence-electron chi connectivity index (χ3n) is 5.35. The number of hydrogen-bond acceptors (Lipinski definition) is 4. The first-order valence-corrected chi connectivity index (χ1v) is 11.2. The number of pyridine rings is 1. The lowest BCUT2D eigenvalue weighted by Gasteiger charge is -2.12. The molecular formula is C27H28N4O2. The molecule has 0 atom stereocenters. The third-order valence-corrected chi connectivity index (χ3v) is 5.35. The Labute approximate surface area is 194 Å². The van der Waals surface area contributed by atoms with E-state index in [9.17, 15) is 4.79 Å². The van der Waals surface area contributed by atoms with E-state index in [-0.39, 0.29) is 5.91 Å². The van der Waals surface area contributed by atoms with Gasteiger partial charge in [-0.05, 0) is 61.7 Å². The summed E-state index contributed by atoms with van der Waals surface area (Å²) in [6, 6.07) is 23.5. The molecule has 6 nitrogen and oxygen atoms in total. The minimum absolute atomic E-state index is 0.0309. The van der Waals surface area contributed by atoms with Gasteiger partial charge in [-0.1, -0.05) is 43.3 Å². The van der Waals surface area contributed by atoms with Gasteiger partial charge in [-0.15, -0.1) is 0 Å². The summed E-state index contributed by atoms with van der Waals surface area (Å²) in [6.07, 6.45) is 3.34. The van der Waals surface area contributed by atoms with E-state index in [1.165, 1.54) is 0 Å². The molecule has 0 bridgehead atoms. The maximum absolute atomic E-state index is 12.6. The summed E-state index contributed by atoms with van der Waals surface area (Å²) in [7, 11) is 0. The molecule has 33 heavy (non-hydrogen) atoms. The van der Waals surface area contributed by atoms with E-state index in [1.807, 2.05) is 84.4 Å². The highest BCUT2D eigenvalue weighted by Gasteiger charge is 2.21. The predicted octanol–water partition coefficient (Wildman–Crippen LogP) is 5.18. The van der Waals surface area contributed by atoms with Gasteiger partial charge in [0.15, 0.2) is 0 Å². The fourth-order valence-electron chi connectivity index (χ4n) is 3.67. The highest BCUT2D eigenvalue weighted by Crippen LogP contribution is 2.32. The Bertz CT molecular complexity index is 1200. The lowest BCUT2D eigenvalue weighted by Crippen LogP contribution is -2.23. The molecule has 0 aliphatic carbocycles. The number of carbonyl (C=O) groups excluding carboxylic acids is 1. The predicted molar refractivity (Wildman–Crippen MR) is 129 cm³/mol. The zero-order valence-corrected chi connectivity index (χ0v) is 19.0. The van der Waals surface area contributed by atoms with Crippen molar-refractivity contribution in [2.45, 2.75) is 39.7 Å². The Balaban J connectivity index is 1.58. The van der Waals surface area contributed by atoms with Crippen molar-refractivity contribution in [2.24, 2.45) is 0 Å². The van der Waals surface area contributed by atoms with Crippen molar-refractivity contribution in [1.82, 2.24) is 20.1 Å². The number of hydrogen-bond donors (Lipinski definition) is 1. The quantitative estimate of drug-likeness (QED) is 0.389. The second-order valence-corrected chi connectivity index (χ2v) is 7.85. The summed E-state index contributed by atoms with van der Waals surface area (Å²) in [5.41, 5.74) is 4.75. The molecule has 0 aliphatic heterocycles. The monoisotopic (exact) mass is 440 g/mol. The lowest BCUT2D eigenvalue weighted by atomic mass is 10.1. The Hall–Kier alpha value is -3.93. The number of rotatable bonds is 9. The molecular weight excluding hydrogens is 412 g/mol. The van der Waals surface area contributed by atoms with Crippen LogP contribution in [0, 0.1) is 6.92 Å². The first-order chi connectivity index (χ1) is 16.1. The van der Waals surface area contributed by atoms with Crippen molar-refractivity contribution in [2.75, 3.05) is 0 Å². The Morgan fingerprint density at radius 1 is 1.03 bits per heavy atom. The van der Waals surface area contributed by atoms with E-state index in [4.69, 9.17) is 9.84 Å². The second-order valence-electron chi connectivity index (χ2n) is 7.85. The molecule has 0 saturated carbocycles. The first kappa shape index (κ1) is 22.3. The van der Waals surface area contributed by atoms with Crippen LogP contribution in [0.1, 0.15) is 35.9 Å². The number of para-hydroxylation sites is 1. The van der Waals surface area contributed by atoms with Gasteiger partial charge < -0.3 is 10.1 Å². The molecule has 2 aromatic heterocycles. The largest absolute Gasteiger partial charge is 0.439 e. The molecule has 6 heteroatoms. The molecule has 2 heterocycles. The summed E-state index contributed by atoms with van der Waals surface area (Å²) in [4.78, 5) is 16.8. The van der Waals surface area contributed by atoms with Gasteiger partial charge in [0.05, 0.1) is 23.6 Å². The molecule has 0 radical (unpaired) electrons. The molecule has 1 amide bonds. The number of ether oxygens (including phenoxy) is 1. The van der Waals surface area contributed by atoms with Crippen molar-refractivity contribution in [3.05, 3.63) is 102 Å². The van der Waals surface area contributed by atoms with Crippen LogP contribution in [-0.2, 0) is 24.2 Å². The first-order valence-electron chi connectivity index (χ1n) is 11.2. The molecule has 4 aromatic rings. The molecule has 1 N–H and O–H groups in total. The topological polar surface area (TPSA) is 69.0 Å². The summed E-state index contributed by atoms with van der Waals surface area (Å²) in [5, 5.41) is 7.79. The number of aromatic nitrogens is 3. The van der Waals surface area contributed by atoms with Crippen molar-refractivity contribution >= 4 is 5.91 Å². The fourth-order valence-corrected chi connectivity index (χ4v) is 3.67. The summed E-state index contributed by atoms with van der Waals surface area (Å²) in [6.45, 7) is 4.51.